The maximum absolute atomic E-state index is 12.5. The molecule has 0 bridgehead atoms. The van der Waals surface area contributed by atoms with Gasteiger partial charge in [0.2, 0.25) is 0 Å². The van der Waals surface area contributed by atoms with Crippen LogP contribution in [0.25, 0.3) is 27.6 Å². The number of carbonyl (C=O) groups excluding carboxylic acids is 1. The second-order valence-electron chi connectivity index (χ2n) is 9.97. The van der Waals surface area contributed by atoms with Crippen LogP contribution in [0.1, 0.15) is 61.3 Å². The zero-order valence-electron chi connectivity index (χ0n) is 21.5. The molecular weight excluding hydrogens is 470 g/mol. The highest BCUT2D eigenvalue weighted by Gasteiger charge is 2.27. The van der Waals surface area contributed by atoms with E-state index in [9.17, 15) is 4.79 Å². The fourth-order valence-corrected chi connectivity index (χ4v) is 5.24. The number of nitrogens with two attached hydrogens (primary N) is 1. The number of carbonyl (C=O) groups is 1. The Balaban J connectivity index is 1.61. The predicted octanol–water partition coefficient (Wildman–Crippen LogP) is 6.29. The number of benzene rings is 2. The second kappa shape index (κ2) is 9.71. The van der Waals surface area contributed by atoms with E-state index in [0.29, 0.717) is 17.2 Å². The van der Waals surface area contributed by atoms with Gasteiger partial charge in [0.15, 0.2) is 5.78 Å². The molecule has 5 aromatic rings. The summed E-state index contributed by atoms with van der Waals surface area (Å²) in [6, 6.07) is 22.2. The van der Waals surface area contributed by atoms with E-state index < -0.39 is 0 Å². The van der Waals surface area contributed by atoms with Gasteiger partial charge in [-0.25, -0.2) is 9.97 Å². The van der Waals surface area contributed by atoms with Crippen molar-refractivity contribution in [1.29, 1.82) is 0 Å². The van der Waals surface area contributed by atoms with E-state index >= 15 is 0 Å². The van der Waals surface area contributed by atoms with E-state index in [1.807, 2.05) is 61.1 Å². The fraction of sp³-hybridized carbons (Fsp3) is 0.188. The molecule has 6 rings (SSSR count). The van der Waals surface area contributed by atoms with Gasteiger partial charge in [-0.15, -0.1) is 0 Å². The van der Waals surface area contributed by atoms with Gasteiger partial charge in [-0.3, -0.25) is 9.78 Å². The Morgan fingerprint density at radius 1 is 0.947 bits per heavy atom. The molecule has 1 atom stereocenters. The van der Waals surface area contributed by atoms with Crippen molar-refractivity contribution in [3.8, 4) is 11.1 Å². The Bertz CT molecular complexity index is 1610. The minimum Gasteiger partial charge on any atom is -0.402 e. The number of ketones is 1. The lowest BCUT2D eigenvalue weighted by atomic mass is 9.98. The summed E-state index contributed by atoms with van der Waals surface area (Å²) >= 11 is 0. The van der Waals surface area contributed by atoms with Gasteiger partial charge < -0.3 is 10.3 Å². The van der Waals surface area contributed by atoms with E-state index in [1.54, 1.807) is 13.8 Å². The van der Waals surface area contributed by atoms with Gasteiger partial charge in [-0.2, -0.15) is 0 Å². The van der Waals surface area contributed by atoms with Crippen LogP contribution in [0, 0.1) is 0 Å². The molecule has 0 aliphatic heterocycles. The molecule has 2 N–H and O–H groups in total. The Hall–Kier alpha value is -4.58. The maximum Gasteiger partial charge on any atom is 0.162 e. The molecule has 6 nitrogen and oxygen atoms in total. The Morgan fingerprint density at radius 3 is 2.32 bits per heavy atom. The van der Waals surface area contributed by atoms with Crippen molar-refractivity contribution in [2.24, 2.45) is 5.73 Å². The van der Waals surface area contributed by atoms with Crippen molar-refractivity contribution in [2.45, 2.75) is 38.6 Å². The van der Waals surface area contributed by atoms with Gasteiger partial charge in [-0.05, 0) is 56.0 Å². The van der Waals surface area contributed by atoms with Crippen LogP contribution in [-0.4, -0.2) is 25.3 Å². The number of rotatable bonds is 7. The molecular formula is C32H29N5O. The lowest BCUT2D eigenvalue weighted by molar-refractivity contribution is -0.111. The second-order valence-corrected chi connectivity index (χ2v) is 9.97. The Labute approximate surface area is 221 Å². The molecule has 0 saturated heterocycles. The van der Waals surface area contributed by atoms with Crippen molar-refractivity contribution in [3.05, 3.63) is 120 Å². The summed E-state index contributed by atoms with van der Waals surface area (Å²) in [6.07, 6.45) is 10.2. The highest BCUT2D eigenvalue weighted by molar-refractivity contribution is 6.21. The fourth-order valence-electron chi connectivity index (χ4n) is 5.24. The minimum absolute atomic E-state index is 0.0592. The molecule has 1 fully saturated rings. The SMILES string of the molecule is CC(=O)C(=C(C)N)c1ccc2c(-c3cnc(C4CC4)nc3)cn(C(c3ccccc3)c3ccccn3)c2c1. The lowest BCUT2D eigenvalue weighted by Crippen LogP contribution is -2.13. The van der Waals surface area contributed by atoms with Gasteiger partial charge >= 0.3 is 0 Å². The molecule has 2 aromatic carbocycles. The summed E-state index contributed by atoms with van der Waals surface area (Å²) in [7, 11) is 0. The number of hydrogen-bond donors (Lipinski definition) is 1. The first-order chi connectivity index (χ1) is 18.5. The van der Waals surface area contributed by atoms with Crippen LogP contribution >= 0.6 is 0 Å². The molecule has 6 heteroatoms. The predicted molar refractivity (Wildman–Crippen MR) is 150 cm³/mol. The Morgan fingerprint density at radius 2 is 1.68 bits per heavy atom. The first kappa shape index (κ1) is 23.8. The minimum atomic E-state index is -0.181. The summed E-state index contributed by atoms with van der Waals surface area (Å²) in [5.41, 5.74) is 13.0. The average Bonchev–Trinajstić information content (AvgIpc) is 3.72. The third-order valence-corrected chi connectivity index (χ3v) is 7.16. The van der Waals surface area contributed by atoms with Crippen molar-refractivity contribution < 1.29 is 4.79 Å². The number of nitrogens with zero attached hydrogens (tertiary/aromatic N) is 4. The summed E-state index contributed by atoms with van der Waals surface area (Å²) in [5.74, 6) is 1.36. The third-order valence-electron chi connectivity index (χ3n) is 7.16. The largest absolute Gasteiger partial charge is 0.402 e. The summed E-state index contributed by atoms with van der Waals surface area (Å²) in [6.45, 7) is 3.32. The highest BCUT2D eigenvalue weighted by atomic mass is 16.1. The third kappa shape index (κ3) is 4.39. The van der Waals surface area contributed by atoms with E-state index in [4.69, 9.17) is 10.7 Å². The van der Waals surface area contributed by atoms with Crippen LogP contribution < -0.4 is 5.73 Å². The zero-order valence-corrected chi connectivity index (χ0v) is 21.5. The molecule has 3 heterocycles. The molecule has 38 heavy (non-hydrogen) atoms. The van der Waals surface area contributed by atoms with Crippen LogP contribution in [-0.2, 0) is 4.79 Å². The summed E-state index contributed by atoms with van der Waals surface area (Å²) in [5, 5.41) is 1.05. The van der Waals surface area contributed by atoms with Crippen molar-refractivity contribution in [1.82, 2.24) is 19.5 Å². The lowest BCUT2D eigenvalue weighted by Gasteiger charge is -2.21. The summed E-state index contributed by atoms with van der Waals surface area (Å²) in [4.78, 5) is 26.6. The molecule has 1 aliphatic rings. The van der Waals surface area contributed by atoms with Crippen LogP contribution in [0.4, 0.5) is 0 Å². The smallest absolute Gasteiger partial charge is 0.162 e. The molecule has 0 radical (unpaired) electrons. The summed E-state index contributed by atoms with van der Waals surface area (Å²) < 4.78 is 2.24. The van der Waals surface area contributed by atoms with Gasteiger partial charge in [0.25, 0.3) is 0 Å². The van der Waals surface area contributed by atoms with Crippen LogP contribution in [0.2, 0.25) is 0 Å². The Kier molecular flexibility index (Phi) is 6.08. The number of hydrogen-bond acceptors (Lipinski definition) is 5. The van der Waals surface area contributed by atoms with E-state index in [2.05, 4.69) is 45.0 Å². The van der Waals surface area contributed by atoms with E-state index in [0.717, 1.165) is 57.5 Å². The zero-order chi connectivity index (χ0) is 26.2. The molecule has 188 valence electrons. The van der Waals surface area contributed by atoms with Gasteiger partial charge in [0.05, 0.1) is 11.2 Å². The maximum atomic E-state index is 12.5. The van der Waals surface area contributed by atoms with Gasteiger partial charge in [-0.1, -0.05) is 48.5 Å². The first-order valence-corrected chi connectivity index (χ1v) is 12.9. The van der Waals surface area contributed by atoms with Crippen LogP contribution in [0.3, 0.4) is 0 Å². The first-order valence-electron chi connectivity index (χ1n) is 12.9. The highest BCUT2D eigenvalue weighted by Crippen LogP contribution is 2.40. The van der Waals surface area contributed by atoms with Crippen LogP contribution in [0.15, 0.2) is 97.2 Å². The van der Waals surface area contributed by atoms with Crippen LogP contribution in [0.5, 0.6) is 0 Å². The topological polar surface area (TPSA) is 86.7 Å². The number of pyridine rings is 1. The molecule has 0 amide bonds. The van der Waals surface area contributed by atoms with Crippen molar-refractivity contribution in [2.75, 3.05) is 0 Å². The number of fused-ring (bicyclic) bond motifs is 1. The molecule has 1 aliphatic carbocycles. The molecule has 1 saturated carbocycles. The number of Topliss-reactive ketones (excluding diaryl/α,β-unsaturated/α-hetero) is 1. The molecule has 0 spiro atoms. The average molecular weight is 500 g/mol. The normalized spacial score (nSPS) is 14.8. The van der Waals surface area contributed by atoms with Gasteiger partial charge in [0, 0.05) is 58.5 Å². The quantitative estimate of drug-likeness (QED) is 0.266. The molecule has 3 aromatic heterocycles. The standard InChI is InChI=1S/C32H29N5O/c1-20(33)30(21(2)38)24-13-14-26-27(25-17-35-32(36-18-25)23-11-12-23)19-37(29(26)16-24)31(22-8-4-3-5-9-22)28-10-6-7-15-34-28/h3-10,13-19,23,31H,11-12,33H2,1-2H3. The van der Waals surface area contributed by atoms with Gasteiger partial charge in [0.1, 0.15) is 11.9 Å². The van der Waals surface area contributed by atoms with E-state index in [1.165, 1.54) is 0 Å². The number of aromatic nitrogens is 4. The van der Waals surface area contributed by atoms with Crippen molar-refractivity contribution in [3.63, 3.8) is 0 Å². The number of allylic oxidation sites excluding steroid dienone is 2. The molecule has 1 unspecified atom stereocenters. The van der Waals surface area contributed by atoms with E-state index in [-0.39, 0.29) is 11.8 Å². The van der Waals surface area contributed by atoms with Crippen molar-refractivity contribution >= 4 is 22.3 Å². The monoisotopic (exact) mass is 499 g/mol.